The number of hydrogen-bond donors (Lipinski definition) is 1. The van der Waals surface area contributed by atoms with Gasteiger partial charge in [0.25, 0.3) is 0 Å². The number of benzene rings is 1. The van der Waals surface area contributed by atoms with E-state index in [1.807, 2.05) is 25.1 Å². The summed E-state index contributed by atoms with van der Waals surface area (Å²) in [6.45, 7) is 5.86. The number of methoxy groups -OCH3 is 1. The monoisotopic (exact) mass is 251 g/mol. The quantitative estimate of drug-likeness (QED) is 0.671. The van der Waals surface area contributed by atoms with Gasteiger partial charge in [0.2, 0.25) is 0 Å². The van der Waals surface area contributed by atoms with Crippen molar-refractivity contribution in [2.45, 2.75) is 39.5 Å². The number of ether oxygens (including phenoxy) is 2. The first-order valence-corrected chi connectivity index (χ1v) is 6.86. The fourth-order valence-electron chi connectivity index (χ4n) is 1.84. The Bertz CT molecular complexity index is 339. The molecular weight excluding hydrogens is 226 g/mol. The molecule has 0 bridgehead atoms. The minimum Gasteiger partial charge on any atom is -0.493 e. The second-order valence-electron chi connectivity index (χ2n) is 4.29. The lowest BCUT2D eigenvalue weighted by Gasteiger charge is -2.12. The van der Waals surface area contributed by atoms with Crippen LogP contribution >= 0.6 is 0 Å². The third-order valence-electron chi connectivity index (χ3n) is 2.82. The lowest BCUT2D eigenvalue weighted by Crippen LogP contribution is -2.02. The Balaban J connectivity index is 2.46. The summed E-state index contributed by atoms with van der Waals surface area (Å²) in [6.07, 6.45) is 5.09. The Hall–Kier alpha value is -1.38. The van der Waals surface area contributed by atoms with Crippen molar-refractivity contribution in [3.8, 4) is 11.5 Å². The lowest BCUT2D eigenvalue weighted by molar-refractivity contribution is 0.311. The molecule has 102 valence electrons. The van der Waals surface area contributed by atoms with Gasteiger partial charge in [-0.2, -0.15) is 0 Å². The van der Waals surface area contributed by atoms with Gasteiger partial charge in [0.05, 0.1) is 13.7 Å². The van der Waals surface area contributed by atoms with Gasteiger partial charge in [0.15, 0.2) is 11.5 Å². The highest BCUT2D eigenvalue weighted by atomic mass is 16.5. The maximum atomic E-state index is 5.49. The normalized spacial score (nSPS) is 10.2. The van der Waals surface area contributed by atoms with Crippen molar-refractivity contribution in [2.24, 2.45) is 0 Å². The smallest absolute Gasteiger partial charge is 0.162 e. The minimum atomic E-state index is 0.653. The van der Waals surface area contributed by atoms with E-state index < -0.39 is 0 Å². The van der Waals surface area contributed by atoms with Crippen LogP contribution in [0.25, 0.3) is 0 Å². The molecule has 0 spiro atoms. The molecule has 3 heteroatoms. The molecule has 0 amide bonds. The molecule has 1 aromatic carbocycles. The number of rotatable bonds is 9. The largest absolute Gasteiger partial charge is 0.493 e. The average molecular weight is 251 g/mol. The molecule has 1 N–H and O–H groups in total. The molecule has 0 aromatic heterocycles. The van der Waals surface area contributed by atoms with Gasteiger partial charge in [-0.25, -0.2) is 0 Å². The molecular formula is C15H25NO2. The molecule has 0 aliphatic carbocycles. The van der Waals surface area contributed by atoms with Gasteiger partial charge >= 0.3 is 0 Å². The highest BCUT2D eigenvalue weighted by Crippen LogP contribution is 2.30. The van der Waals surface area contributed by atoms with E-state index in [2.05, 4.69) is 12.2 Å². The molecule has 0 saturated heterocycles. The van der Waals surface area contributed by atoms with Crippen molar-refractivity contribution in [3.05, 3.63) is 18.2 Å². The Labute approximate surface area is 110 Å². The molecule has 0 unspecified atom stereocenters. The van der Waals surface area contributed by atoms with E-state index >= 15 is 0 Å². The number of hydrogen-bond acceptors (Lipinski definition) is 3. The van der Waals surface area contributed by atoms with Crippen LogP contribution in [0.1, 0.15) is 39.5 Å². The lowest BCUT2D eigenvalue weighted by atomic mass is 10.2. The summed E-state index contributed by atoms with van der Waals surface area (Å²) < 4.78 is 10.8. The average Bonchev–Trinajstić information content (AvgIpc) is 2.40. The maximum absolute atomic E-state index is 5.49. The summed E-state index contributed by atoms with van der Waals surface area (Å²) in [5, 5.41) is 3.41. The Morgan fingerprint density at radius 3 is 2.56 bits per heavy atom. The van der Waals surface area contributed by atoms with Gasteiger partial charge in [-0.1, -0.05) is 26.2 Å². The van der Waals surface area contributed by atoms with Crippen molar-refractivity contribution in [1.29, 1.82) is 0 Å². The van der Waals surface area contributed by atoms with Gasteiger partial charge < -0.3 is 14.8 Å². The van der Waals surface area contributed by atoms with Crippen LogP contribution in [0.5, 0.6) is 11.5 Å². The summed E-state index contributed by atoms with van der Waals surface area (Å²) in [5.41, 5.74) is 1.09. The van der Waals surface area contributed by atoms with E-state index in [1.54, 1.807) is 7.11 Å². The second kappa shape index (κ2) is 8.67. The SMILES string of the molecule is CCCCCCNc1ccc(OCC)c(OC)c1. The third kappa shape index (κ3) is 4.86. The van der Waals surface area contributed by atoms with Crippen LogP contribution in [0, 0.1) is 0 Å². The second-order valence-corrected chi connectivity index (χ2v) is 4.29. The van der Waals surface area contributed by atoms with Crippen LogP contribution in [-0.2, 0) is 0 Å². The number of anilines is 1. The van der Waals surface area contributed by atoms with Crippen LogP contribution in [0.2, 0.25) is 0 Å². The molecule has 0 fully saturated rings. The third-order valence-corrected chi connectivity index (χ3v) is 2.82. The van der Waals surface area contributed by atoms with Crippen molar-refractivity contribution >= 4 is 5.69 Å². The molecule has 18 heavy (non-hydrogen) atoms. The van der Waals surface area contributed by atoms with E-state index in [0.29, 0.717) is 6.61 Å². The molecule has 1 rings (SSSR count). The summed E-state index contributed by atoms with van der Waals surface area (Å²) >= 11 is 0. The molecule has 0 heterocycles. The molecule has 3 nitrogen and oxygen atoms in total. The first-order valence-electron chi connectivity index (χ1n) is 6.86. The Kier molecular flexibility index (Phi) is 7.07. The fourth-order valence-corrected chi connectivity index (χ4v) is 1.84. The van der Waals surface area contributed by atoms with Gasteiger partial charge in [-0.15, -0.1) is 0 Å². The topological polar surface area (TPSA) is 30.5 Å². The van der Waals surface area contributed by atoms with Crippen molar-refractivity contribution in [1.82, 2.24) is 0 Å². The van der Waals surface area contributed by atoms with Gasteiger partial charge in [0.1, 0.15) is 0 Å². The van der Waals surface area contributed by atoms with Crippen LogP contribution in [0.15, 0.2) is 18.2 Å². The fraction of sp³-hybridized carbons (Fsp3) is 0.600. The summed E-state index contributed by atoms with van der Waals surface area (Å²) in [7, 11) is 1.67. The standard InChI is InChI=1S/C15H25NO2/c1-4-6-7-8-11-16-13-9-10-14(18-5-2)15(12-13)17-3/h9-10,12,16H,4-8,11H2,1-3H3. The molecule has 0 radical (unpaired) electrons. The highest BCUT2D eigenvalue weighted by Gasteiger charge is 2.04. The predicted molar refractivity (Wildman–Crippen MR) is 76.8 cm³/mol. The van der Waals surface area contributed by atoms with Crippen LogP contribution < -0.4 is 14.8 Å². The number of unbranched alkanes of at least 4 members (excludes halogenated alkanes) is 3. The molecule has 0 saturated carbocycles. The van der Waals surface area contributed by atoms with Crippen molar-refractivity contribution in [2.75, 3.05) is 25.6 Å². The van der Waals surface area contributed by atoms with Gasteiger partial charge in [-0.05, 0) is 25.5 Å². The Morgan fingerprint density at radius 1 is 1.06 bits per heavy atom. The van der Waals surface area contributed by atoms with E-state index in [0.717, 1.165) is 23.7 Å². The summed E-state index contributed by atoms with van der Waals surface area (Å²) in [5.74, 6) is 1.59. The first-order chi connectivity index (χ1) is 8.81. The Morgan fingerprint density at radius 2 is 1.89 bits per heavy atom. The van der Waals surface area contributed by atoms with E-state index in [9.17, 15) is 0 Å². The van der Waals surface area contributed by atoms with E-state index in [-0.39, 0.29) is 0 Å². The predicted octanol–water partition coefficient (Wildman–Crippen LogP) is 4.09. The highest BCUT2D eigenvalue weighted by molar-refractivity contribution is 5.54. The first kappa shape index (κ1) is 14.7. The zero-order chi connectivity index (χ0) is 13.2. The van der Waals surface area contributed by atoms with Crippen LogP contribution in [0.3, 0.4) is 0 Å². The number of nitrogens with one attached hydrogen (secondary N) is 1. The van der Waals surface area contributed by atoms with Crippen LogP contribution in [0.4, 0.5) is 5.69 Å². The van der Waals surface area contributed by atoms with Crippen molar-refractivity contribution < 1.29 is 9.47 Å². The zero-order valence-corrected chi connectivity index (χ0v) is 11.8. The maximum Gasteiger partial charge on any atom is 0.162 e. The van der Waals surface area contributed by atoms with Gasteiger partial charge in [0, 0.05) is 18.3 Å². The minimum absolute atomic E-state index is 0.653. The van der Waals surface area contributed by atoms with Gasteiger partial charge in [-0.3, -0.25) is 0 Å². The summed E-state index contributed by atoms with van der Waals surface area (Å²) in [6, 6.07) is 5.98. The molecule has 0 aliphatic heterocycles. The molecule has 0 aliphatic rings. The molecule has 1 aromatic rings. The zero-order valence-electron chi connectivity index (χ0n) is 11.8. The van der Waals surface area contributed by atoms with E-state index in [4.69, 9.17) is 9.47 Å². The summed E-state index contributed by atoms with van der Waals surface area (Å²) in [4.78, 5) is 0. The van der Waals surface area contributed by atoms with Crippen molar-refractivity contribution in [3.63, 3.8) is 0 Å². The van der Waals surface area contributed by atoms with E-state index in [1.165, 1.54) is 25.7 Å². The molecule has 0 atom stereocenters. The van der Waals surface area contributed by atoms with Crippen LogP contribution in [-0.4, -0.2) is 20.3 Å².